The van der Waals surface area contributed by atoms with E-state index < -0.39 is 61.9 Å². The summed E-state index contributed by atoms with van der Waals surface area (Å²) < 4.78 is 142. The van der Waals surface area contributed by atoms with Crippen molar-refractivity contribution in [1.29, 1.82) is 0 Å². The highest BCUT2D eigenvalue weighted by Gasteiger charge is 2.73. The molecule has 1 N–H and O–H groups in total. The zero-order chi connectivity index (χ0) is 35.3. The molecule has 0 spiro atoms. The van der Waals surface area contributed by atoms with Crippen molar-refractivity contribution >= 4 is 38.2 Å². The first-order valence-electron chi connectivity index (χ1n) is 14.5. The molecule has 1 saturated heterocycles. The smallest absolute Gasteiger partial charge is 0.435 e. The zero-order valence-electron chi connectivity index (χ0n) is 24.9. The number of benzene rings is 2. The maximum Gasteiger partial charge on any atom is 0.435 e. The predicted octanol–water partition coefficient (Wildman–Crippen LogP) is 6.01. The van der Waals surface area contributed by atoms with Crippen molar-refractivity contribution in [2.75, 3.05) is 25.0 Å². The third-order valence-corrected chi connectivity index (χ3v) is 11.9. The van der Waals surface area contributed by atoms with Gasteiger partial charge in [-0.25, -0.2) is 22.2 Å². The number of esters is 1. The van der Waals surface area contributed by atoms with Crippen LogP contribution in [0.3, 0.4) is 0 Å². The van der Waals surface area contributed by atoms with Gasteiger partial charge in [0.2, 0.25) is 5.91 Å². The van der Waals surface area contributed by atoms with Crippen LogP contribution >= 0.6 is 11.3 Å². The number of anilines is 1. The summed E-state index contributed by atoms with van der Waals surface area (Å²) in [4.78, 5) is 30.2. The van der Waals surface area contributed by atoms with E-state index in [1.807, 2.05) is 0 Å². The third-order valence-electron chi connectivity index (χ3n) is 8.56. The summed E-state index contributed by atoms with van der Waals surface area (Å²) in [6, 6.07) is 4.21. The van der Waals surface area contributed by atoms with Gasteiger partial charge < -0.3 is 10.1 Å². The number of aryl methyl sites for hydroxylation is 1. The second-order valence-corrected chi connectivity index (χ2v) is 14.4. The summed E-state index contributed by atoms with van der Waals surface area (Å²) in [5, 5.41) is 4.27. The zero-order valence-corrected chi connectivity index (χ0v) is 26.6. The highest BCUT2D eigenvalue weighted by Crippen LogP contribution is 2.56. The number of likely N-dealkylation sites (tertiary alicyclic amines) is 1. The van der Waals surface area contributed by atoms with Gasteiger partial charge in [0, 0.05) is 23.5 Å². The van der Waals surface area contributed by atoms with Crippen LogP contribution in [0.1, 0.15) is 42.1 Å². The quantitative estimate of drug-likeness (QED) is 0.164. The van der Waals surface area contributed by atoms with Crippen LogP contribution < -0.4 is 5.32 Å². The number of hydrogen-bond acceptors (Lipinski definition) is 8. The molecule has 2 heterocycles. The van der Waals surface area contributed by atoms with Crippen LogP contribution in [0.4, 0.5) is 40.3 Å². The molecule has 2 aromatic carbocycles. The average Bonchev–Trinajstić information content (AvgIpc) is 3.60. The lowest BCUT2D eigenvalue weighted by Gasteiger charge is -2.43. The van der Waals surface area contributed by atoms with Crippen LogP contribution in [0.2, 0.25) is 0 Å². The number of nitrogens with one attached hydrogen (secondary N) is 1. The molecule has 18 heteroatoms. The molecule has 1 aromatic heterocycles. The molecule has 1 amide bonds. The Hall–Kier alpha value is -3.64. The van der Waals surface area contributed by atoms with E-state index in [1.165, 1.54) is 4.90 Å². The Morgan fingerprint density at radius 3 is 2.35 bits per heavy atom. The predicted molar refractivity (Wildman–Crippen MR) is 156 cm³/mol. The van der Waals surface area contributed by atoms with Crippen molar-refractivity contribution < 1.29 is 57.9 Å². The monoisotopic (exact) mass is 725 g/mol. The summed E-state index contributed by atoms with van der Waals surface area (Å²) >= 11 is 1.03. The van der Waals surface area contributed by atoms with E-state index in [-0.39, 0.29) is 72.6 Å². The van der Waals surface area contributed by atoms with Crippen molar-refractivity contribution in [3.63, 3.8) is 0 Å². The molecule has 260 valence electrons. The molecule has 3 aromatic rings. The standard InChI is InChI=1S/C30H27F8N3O5S2/c1-2-46-25(43)14-20-16-47-26(39-20)40-24(42)15-41-12-11-27(48(44,45)21-7-5-19(31)6-8-21)22-9-4-18(13-17(22)3-10-23(27)41)28(32,29(33,34)35)30(36,37)38/h4-9,13,16,23H,2-3,10-12,14-15H2,1H3,(H,39,40,42)/t23-,27-/m0/s1. The van der Waals surface area contributed by atoms with Gasteiger partial charge >= 0.3 is 24.0 Å². The SMILES string of the molecule is CCOC(=O)Cc1csc(NC(=O)CN2CC[C@]3(S(=O)(=O)c4ccc(F)cc4)c4ccc(C(F)(C(F)(F)F)C(F)(F)F)cc4CC[C@H]23)n1. The van der Waals surface area contributed by atoms with Gasteiger partial charge in [-0.2, -0.15) is 26.3 Å². The maximum atomic E-state index is 15.0. The molecule has 2 atom stereocenters. The van der Waals surface area contributed by atoms with E-state index in [0.29, 0.717) is 11.8 Å². The molecule has 1 aliphatic heterocycles. The van der Waals surface area contributed by atoms with Crippen LogP contribution in [-0.2, 0) is 47.4 Å². The van der Waals surface area contributed by atoms with Gasteiger partial charge in [0.15, 0.2) is 15.0 Å². The fourth-order valence-corrected chi connectivity index (χ4v) is 9.60. The van der Waals surface area contributed by atoms with Crippen LogP contribution in [-0.4, -0.2) is 68.3 Å². The molecule has 8 nitrogen and oxygen atoms in total. The number of aromatic nitrogens is 1. The van der Waals surface area contributed by atoms with E-state index in [0.717, 1.165) is 41.7 Å². The molecule has 1 fully saturated rings. The molecule has 5 rings (SSSR count). The Kier molecular flexibility index (Phi) is 9.41. The first kappa shape index (κ1) is 35.7. The fraction of sp³-hybridized carbons (Fsp3) is 0.433. The van der Waals surface area contributed by atoms with E-state index in [9.17, 15) is 48.7 Å². The maximum absolute atomic E-state index is 15.0. The van der Waals surface area contributed by atoms with Crippen LogP contribution in [0.15, 0.2) is 52.7 Å². The average molecular weight is 726 g/mol. The minimum absolute atomic E-state index is 0.0379. The van der Waals surface area contributed by atoms with E-state index >= 15 is 4.39 Å². The van der Waals surface area contributed by atoms with Crippen molar-refractivity contribution in [3.8, 4) is 0 Å². The number of hydrogen-bond donors (Lipinski definition) is 1. The number of carbonyl (C=O) groups is 2. The molecule has 0 unspecified atom stereocenters. The summed E-state index contributed by atoms with van der Waals surface area (Å²) in [6.07, 6.45) is -13.5. The van der Waals surface area contributed by atoms with Gasteiger partial charge in [-0.15, -0.1) is 11.3 Å². The lowest BCUT2D eigenvalue weighted by atomic mass is 9.77. The molecular formula is C30H27F8N3O5S2. The summed E-state index contributed by atoms with van der Waals surface area (Å²) in [5.74, 6) is -1.89. The van der Waals surface area contributed by atoms with Gasteiger partial charge in [0.1, 0.15) is 10.6 Å². The minimum Gasteiger partial charge on any atom is -0.466 e. The number of carbonyl (C=O) groups excluding carboxylic acids is 2. The number of amides is 1. The highest BCUT2D eigenvalue weighted by molar-refractivity contribution is 7.92. The minimum atomic E-state index is -6.37. The molecule has 1 aliphatic carbocycles. The van der Waals surface area contributed by atoms with Crippen molar-refractivity contribution in [3.05, 3.63) is 76.0 Å². The Morgan fingerprint density at radius 2 is 1.73 bits per heavy atom. The van der Waals surface area contributed by atoms with Gasteiger partial charge in [-0.3, -0.25) is 14.5 Å². The number of fused-ring (bicyclic) bond motifs is 3. The second kappa shape index (κ2) is 12.7. The summed E-state index contributed by atoms with van der Waals surface area (Å²) in [6.45, 7) is 1.40. The van der Waals surface area contributed by atoms with Gasteiger partial charge in [0.25, 0.3) is 0 Å². The van der Waals surface area contributed by atoms with Crippen molar-refractivity contribution in [2.45, 2.75) is 66.3 Å². The molecule has 0 saturated carbocycles. The molecule has 48 heavy (non-hydrogen) atoms. The van der Waals surface area contributed by atoms with E-state index in [4.69, 9.17) is 4.74 Å². The van der Waals surface area contributed by atoms with E-state index in [2.05, 4.69) is 10.3 Å². The largest absolute Gasteiger partial charge is 0.466 e. The summed E-state index contributed by atoms with van der Waals surface area (Å²) in [7, 11) is -4.57. The Balaban J connectivity index is 1.51. The lowest BCUT2D eigenvalue weighted by molar-refractivity contribution is -0.348. The van der Waals surface area contributed by atoms with E-state index in [1.54, 1.807) is 12.3 Å². The van der Waals surface area contributed by atoms with Gasteiger partial charge in [-0.05, 0) is 61.6 Å². The number of ether oxygens (including phenoxy) is 1. The third kappa shape index (κ3) is 6.06. The lowest BCUT2D eigenvalue weighted by Crippen LogP contribution is -2.53. The first-order valence-corrected chi connectivity index (χ1v) is 16.8. The second-order valence-electron chi connectivity index (χ2n) is 11.3. The molecule has 0 radical (unpaired) electrons. The molecule has 2 aliphatic rings. The number of alkyl halides is 7. The van der Waals surface area contributed by atoms with Crippen LogP contribution in [0.5, 0.6) is 0 Å². The van der Waals surface area contributed by atoms with Gasteiger partial charge in [-0.1, -0.05) is 18.2 Å². The molecular weight excluding hydrogens is 698 g/mol. The van der Waals surface area contributed by atoms with Crippen LogP contribution in [0, 0.1) is 5.82 Å². The number of sulfone groups is 1. The highest BCUT2D eigenvalue weighted by atomic mass is 32.2. The summed E-state index contributed by atoms with van der Waals surface area (Å²) in [5.41, 5.74) is -7.48. The Labute approximate surface area is 273 Å². The fourth-order valence-electron chi connectivity index (χ4n) is 6.49. The topological polar surface area (TPSA) is 106 Å². The molecule has 0 bridgehead atoms. The number of nitrogens with zero attached hydrogens (tertiary/aromatic N) is 2. The van der Waals surface area contributed by atoms with Crippen molar-refractivity contribution in [1.82, 2.24) is 9.88 Å². The normalized spacial score (nSPS) is 20.2. The number of halogens is 8. The van der Waals surface area contributed by atoms with Gasteiger partial charge in [0.05, 0.1) is 30.2 Å². The van der Waals surface area contributed by atoms with Crippen LogP contribution in [0.25, 0.3) is 0 Å². The Morgan fingerprint density at radius 1 is 1.06 bits per heavy atom. The number of thiazole rings is 1. The van der Waals surface area contributed by atoms with Crippen molar-refractivity contribution in [2.24, 2.45) is 0 Å². The first-order chi connectivity index (χ1) is 22.3. The number of rotatable bonds is 9. The Bertz CT molecular complexity index is 1800.